The second-order valence-electron chi connectivity index (χ2n) is 6.62. The Balaban J connectivity index is 1.45. The van der Waals surface area contributed by atoms with E-state index >= 15 is 0 Å². The van der Waals surface area contributed by atoms with Crippen LogP contribution in [0.5, 0.6) is 0 Å². The molecule has 1 N–H and O–H groups in total. The van der Waals surface area contributed by atoms with Crippen LogP contribution < -0.4 is 10.2 Å². The summed E-state index contributed by atoms with van der Waals surface area (Å²) in [6.45, 7) is 4.13. The standard InChI is InChI=1S/C20H22BrN5/c1-2-14-12-19(24-13-23-14)26-10-7-15(8-11-26)25-18-6-9-22-20-16(18)4-3-5-17(20)21/h3-6,9,12-13,15H,2,7-8,10-11H2,1H3,(H,22,25). The summed E-state index contributed by atoms with van der Waals surface area (Å²) >= 11 is 3.59. The number of hydrogen-bond acceptors (Lipinski definition) is 5. The van der Waals surface area contributed by atoms with Crippen molar-refractivity contribution in [3.63, 3.8) is 0 Å². The zero-order chi connectivity index (χ0) is 17.9. The molecule has 6 heteroatoms. The molecule has 0 unspecified atom stereocenters. The van der Waals surface area contributed by atoms with Crippen molar-refractivity contribution in [2.75, 3.05) is 23.3 Å². The van der Waals surface area contributed by atoms with E-state index in [9.17, 15) is 0 Å². The molecule has 0 bridgehead atoms. The summed E-state index contributed by atoms with van der Waals surface area (Å²) in [5, 5.41) is 4.89. The molecule has 4 rings (SSSR count). The van der Waals surface area contributed by atoms with Crippen molar-refractivity contribution < 1.29 is 0 Å². The van der Waals surface area contributed by atoms with Crippen molar-refractivity contribution in [2.45, 2.75) is 32.2 Å². The molecule has 1 saturated heterocycles. The Kier molecular flexibility index (Phi) is 5.02. The second-order valence-corrected chi connectivity index (χ2v) is 7.48. The number of rotatable bonds is 4. The molecule has 3 aromatic rings. The van der Waals surface area contributed by atoms with Crippen LogP contribution in [0.2, 0.25) is 0 Å². The van der Waals surface area contributed by atoms with E-state index in [4.69, 9.17) is 0 Å². The maximum atomic E-state index is 4.49. The fraction of sp³-hybridized carbons (Fsp3) is 0.350. The summed E-state index contributed by atoms with van der Waals surface area (Å²) in [7, 11) is 0. The van der Waals surface area contributed by atoms with Crippen molar-refractivity contribution in [1.29, 1.82) is 0 Å². The number of anilines is 2. The first-order valence-corrected chi connectivity index (χ1v) is 9.89. The van der Waals surface area contributed by atoms with Gasteiger partial charge in [0.25, 0.3) is 0 Å². The molecular formula is C20H22BrN5. The Bertz CT molecular complexity index is 906. The molecule has 1 aliphatic rings. The highest BCUT2D eigenvalue weighted by atomic mass is 79.9. The maximum Gasteiger partial charge on any atom is 0.132 e. The van der Waals surface area contributed by atoms with E-state index in [0.29, 0.717) is 6.04 Å². The van der Waals surface area contributed by atoms with E-state index < -0.39 is 0 Å². The van der Waals surface area contributed by atoms with Crippen LogP contribution >= 0.6 is 15.9 Å². The summed E-state index contributed by atoms with van der Waals surface area (Å²) < 4.78 is 1.03. The van der Waals surface area contributed by atoms with Crippen LogP contribution in [0.3, 0.4) is 0 Å². The van der Waals surface area contributed by atoms with Crippen LogP contribution in [-0.2, 0) is 6.42 Å². The van der Waals surface area contributed by atoms with E-state index in [2.05, 4.69) is 72.3 Å². The molecule has 0 atom stereocenters. The number of hydrogen-bond donors (Lipinski definition) is 1. The average molecular weight is 412 g/mol. The van der Waals surface area contributed by atoms with E-state index in [0.717, 1.165) is 64.9 Å². The van der Waals surface area contributed by atoms with E-state index in [1.165, 1.54) is 0 Å². The first-order chi connectivity index (χ1) is 12.7. The Hall–Kier alpha value is -2.21. The summed E-state index contributed by atoms with van der Waals surface area (Å²) in [6.07, 6.45) is 6.67. The first kappa shape index (κ1) is 17.2. The lowest BCUT2D eigenvalue weighted by atomic mass is 10.0. The highest BCUT2D eigenvalue weighted by Gasteiger charge is 2.21. The van der Waals surface area contributed by atoms with Gasteiger partial charge in [-0.25, -0.2) is 9.97 Å². The molecule has 1 aromatic carbocycles. The Morgan fingerprint density at radius 2 is 2.00 bits per heavy atom. The van der Waals surface area contributed by atoms with Gasteiger partial charge in [0.2, 0.25) is 0 Å². The molecule has 0 saturated carbocycles. The summed E-state index contributed by atoms with van der Waals surface area (Å²) in [5.74, 6) is 1.05. The van der Waals surface area contributed by atoms with E-state index in [1.54, 1.807) is 6.33 Å². The van der Waals surface area contributed by atoms with Crippen molar-refractivity contribution in [1.82, 2.24) is 15.0 Å². The third-order valence-electron chi connectivity index (χ3n) is 4.97. The van der Waals surface area contributed by atoms with Crippen molar-refractivity contribution in [2.24, 2.45) is 0 Å². The molecule has 0 radical (unpaired) electrons. The molecule has 0 spiro atoms. The molecule has 134 valence electrons. The molecule has 2 aromatic heterocycles. The minimum absolute atomic E-state index is 0.461. The number of pyridine rings is 1. The van der Waals surface area contributed by atoms with Crippen molar-refractivity contribution in [3.8, 4) is 0 Å². The van der Waals surface area contributed by atoms with E-state index in [1.807, 2.05) is 12.3 Å². The molecule has 26 heavy (non-hydrogen) atoms. The lowest BCUT2D eigenvalue weighted by molar-refractivity contribution is 0.523. The van der Waals surface area contributed by atoms with Gasteiger partial charge in [-0.2, -0.15) is 0 Å². The average Bonchev–Trinajstić information content (AvgIpc) is 2.69. The van der Waals surface area contributed by atoms with Gasteiger partial charge in [-0.05, 0) is 47.3 Å². The number of nitrogens with one attached hydrogen (secondary N) is 1. The lowest BCUT2D eigenvalue weighted by Gasteiger charge is -2.33. The van der Waals surface area contributed by atoms with Gasteiger partial charge in [0.1, 0.15) is 12.1 Å². The largest absolute Gasteiger partial charge is 0.382 e. The number of benzene rings is 1. The molecule has 1 fully saturated rings. The Labute approximate surface area is 162 Å². The minimum Gasteiger partial charge on any atom is -0.382 e. The second kappa shape index (κ2) is 7.58. The number of halogens is 1. The summed E-state index contributed by atoms with van der Waals surface area (Å²) in [4.78, 5) is 15.6. The van der Waals surface area contributed by atoms with Gasteiger partial charge < -0.3 is 10.2 Å². The predicted octanol–water partition coefficient (Wildman–Crippen LogP) is 4.43. The van der Waals surface area contributed by atoms with Crippen molar-refractivity contribution >= 4 is 38.3 Å². The molecule has 1 aliphatic heterocycles. The topological polar surface area (TPSA) is 53.9 Å². The smallest absolute Gasteiger partial charge is 0.132 e. The normalized spacial score (nSPS) is 15.4. The lowest BCUT2D eigenvalue weighted by Crippen LogP contribution is -2.39. The Morgan fingerprint density at radius 3 is 2.81 bits per heavy atom. The predicted molar refractivity (Wildman–Crippen MR) is 110 cm³/mol. The molecular weight excluding hydrogens is 390 g/mol. The SMILES string of the molecule is CCc1cc(N2CCC(Nc3ccnc4c(Br)cccc34)CC2)ncn1. The molecule has 3 heterocycles. The van der Waals surface area contributed by atoms with Crippen LogP contribution in [0.15, 0.2) is 47.3 Å². The highest BCUT2D eigenvalue weighted by Crippen LogP contribution is 2.29. The quantitative estimate of drug-likeness (QED) is 0.687. The number of aryl methyl sites for hydroxylation is 1. The van der Waals surface area contributed by atoms with Gasteiger partial charge in [-0.3, -0.25) is 4.98 Å². The minimum atomic E-state index is 0.461. The number of aromatic nitrogens is 3. The number of para-hydroxylation sites is 1. The Morgan fingerprint density at radius 1 is 1.15 bits per heavy atom. The van der Waals surface area contributed by atoms with Crippen LogP contribution in [0.4, 0.5) is 11.5 Å². The fourth-order valence-electron chi connectivity index (χ4n) is 3.49. The number of fused-ring (bicyclic) bond motifs is 1. The molecule has 0 amide bonds. The highest BCUT2D eigenvalue weighted by molar-refractivity contribution is 9.10. The maximum absolute atomic E-state index is 4.49. The van der Waals surface area contributed by atoms with Gasteiger partial charge >= 0.3 is 0 Å². The molecule has 5 nitrogen and oxygen atoms in total. The molecule has 0 aliphatic carbocycles. The third-order valence-corrected chi connectivity index (χ3v) is 5.61. The monoisotopic (exact) mass is 411 g/mol. The van der Waals surface area contributed by atoms with Crippen molar-refractivity contribution in [3.05, 3.63) is 53.0 Å². The van der Waals surface area contributed by atoms with Gasteiger partial charge in [-0.15, -0.1) is 0 Å². The van der Waals surface area contributed by atoms with Crippen LogP contribution in [0.1, 0.15) is 25.5 Å². The fourth-order valence-corrected chi connectivity index (χ4v) is 3.96. The van der Waals surface area contributed by atoms with Gasteiger partial charge in [0.05, 0.1) is 5.52 Å². The first-order valence-electron chi connectivity index (χ1n) is 9.10. The van der Waals surface area contributed by atoms with Crippen LogP contribution in [0, 0.1) is 0 Å². The number of nitrogens with zero attached hydrogens (tertiary/aromatic N) is 4. The van der Waals surface area contributed by atoms with E-state index in [-0.39, 0.29) is 0 Å². The van der Waals surface area contributed by atoms with Gasteiger partial charge in [0.15, 0.2) is 0 Å². The van der Waals surface area contributed by atoms with Gasteiger partial charge in [0, 0.05) is 52.6 Å². The summed E-state index contributed by atoms with van der Waals surface area (Å²) in [6, 6.07) is 10.9. The third kappa shape index (κ3) is 3.51. The van der Waals surface area contributed by atoms with Gasteiger partial charge in [-0.1, -0.05) is 19.1 Å². The zero-order valence-corrected chi connectivity index (χ0v) is 16.4. The zero-order valence-electron chi connectivity index (χ0n) is 14.8. The van der Waals surface area contributed by atoms with Crippen LogP contribution in [-0.4, -0.2) is 34.1 Å². The van der Waals surface area contributed by atoms with Crippen LogP contribution in [0.25, 0.3) is 10.9 Å². The number of piperidine rings is 1. The summed E-state index contributed by atoms with van der Waals surface area (Å²) in [5.41, 5.74) is 3.26.